The van der Waals surface area contributed by atoms with E-state index in [0.29, 0.717) is 12.2 Å². The molecule has 3 nitrogen and oxygen atoms in total. The number of para-hydroxylation sites is 1. The molecule has 0 bridgehead atoms. The van der Waals surface area contributed by atoms with Crippen LogP contribution in [0.5, 0.6) is 0 Å². The molecule has 0 atom stereocenters. The van der Waals surface area contributed by atoms with Gasteiger partial charge in [-0.3, -0.25) is 0 Å². The van der Waals surface area contributed by atoms with Gasteiger partial charge < -0.3 is 9.72 Å². The Balaban J connectivity index is 1.39. The molecule has 0 aliphatic rings. The molecule has 1 N–H and O–H groups in total. The highest BCUT2D eigenvalue weighted by Crippen LogP contribution is 2.18. The number of H-pyrrole nitrogens is 1. The van der Waals surface area contributed by atoms with Crippen molar-refractivity contribution in [3.8, 4) is 0 Å². The third kappa shape index (κ3) is 8.50. The quantitative estimate of drug-likeness (QED) is 0.236. The van der Waals surface area contributed by atoms with Crippen LogP contribution in [0.2, 0.25) is 0 Å². The molecule has 156 valence electrons. The van der Waals surface area contributed by atoms with Crippen molar-refractivity contribution in [1.82, 2.24) is 4.98 Å². The smallest absolute Gasteiger partial charge is 0.340 e. The van der Waals surface area contributed by atoms with Crippen molar-refractivity contribution in [2.24, 2.45) is 0 Å². The molecule has 0 unspecified atom stereocenters. The summed E-state index contributed by atoms with van der Waals surface area (Å²) in [6.07, 6.45) is 20.4. The first-order valence-electron chi connectivity index (χ1n) is 11.6. The van der Waals surface area contributed by atoms with Crippen molar-refractivity contribution in [2.75, 3.05) is 6.61 Å². The summed E-state index contributed by atoms with van der Waals surface area (Å²) in [5, 5.41) is 0.938. The largest absolute Gasteiger partial charge is 0.462 e. The Morgan fingerprint density at radius 1 is 0.786 bits per heavy atom. The van der Waals surface area contributed by atoms with Gasteiger partial charge in [-0.25, -0.2) is 4.79 Å². The van der Waals surface area contributed by atoms with Crippen molar-refractivity contribution >= 4 is 16.9 Å². The molecule has 1 aromatic carbocycles. The monoisotopic (exact) mass is 385 g/mol. The van der Waals surface area contributed by atoms with E-state index in [0.717, 1.165) is 23.7 Å². The maximum absolute atomic E-state index is 12.2. The van der Waals surface area contributed by atoms with Crippen LogP contribution in [-0.4, -0.2) is 17.6 Å². The molecular weight excluding hydrogens is 346 g/mol. The standard InChI is InChI=1S/C25H39NO2/c1-2-3-4-5-6-7-8-9-10-11-12-13-14-17-20-28-25(27)23-21-26-24-19-16-15-18-22(23)24/h15-16,18-19,21,26H,2-14,17,20H2,1H3. The van der Waals surface area contributed by atoms with E-state index in [9.17, 15) is 4.79 Å². The number of nitrogens with one attached hydrogen (secondary N) is 1. The lowest BCUT2D eigenvalue weighted by Gasteiger charge is -2.05. The summed E-state index contributed by atoms with van der Waals surface area (Å²) in [5.41, 5.74) is 1.62. The van der Waals surface area contributed by atoms with E-state index in [4.69, 9.17) is 4.74 Å². The SMILES string of the molecule is CCCCCCCCCCCCCCCCOC(=O)c1c[nH]c2ccccc12. The molecule has 0 aliphatic carbocycles. The molecule has 0 saturated carbocycles. The number of benzene rings is 1. The Kier molecular flexibility index (Phi) is 11.5. The molecule has 0 saturated heterocycles. The van der Waals surface area contributed by atoms with E-state index in [1.165, 1.54) is 77.0 Å². The van der Waals surface area contributed by atoms with E-state index >= 15 is 0 Å². The highest BCUT2D eigenvalue weighted by Gasteiger charge is 2.12. The van der Waals surface area contributed by atoms with Gasteiger partial charge in [0.1, 0.15) is 0 Å². The van der Waals surface area contributed by atoms with Crippen LogP contribution in [0.25, 0.3) is 10.9 Å². The lowest BCUT2D eigenvalue weighted by atomic mass is 10.0. The normalized spacial score (nSPS) is 11.2. The number of carbonyl (C=O) groups is 1. The van der Waals surface area contributed by atoms with Gasteiger partial charge >= 0.3 is 5.97 Å². The zero-order valence-electron chi connectivity index (χ0n) is 17.8. The van der Waals surface area contributed by atoms with Gasteiger partial charge in [-0.15, -0.1) is 0 Å². The Morgan fingerprint density at radius 3 is 1.93 bits per heavy atom. The second-order valence-corrected chi connectivity index (χ2v) is 7.98. The van der Waals surface area contributed by atoms with Crippen molar-refractivity contribution in [3.05, 3.63) is 36.0 Å². The molecule has 1 aromatic heterocycles. The van der Waals surface area contributed by atoms with Crippen molar-refractivity contribution in [2.45, 2.75) is 96.8 Å². The van der Waals surface area contributed by atoms with Gasteiger partial charge in [-0.1, -0.05) is 109 Å². The summed E-state index contributed by atoms with van der Waals surface area (Å²) in [4.78, 5) is 15.3. The number of aromatic amines is 1. The fourth-order valence-electron chi connectivity index (χ4n) is 3.78. The third-order valence-electron chi connectivity index (χ3n) is 5.54. The van der Waals surface area contributed by atoms with Crippen LogP contribution >= 0.6 is 0 Å². The Labute approximate surface area is 171 Å². The predicted molar refractivity (Wildman–Crippen MR) is 119 cm³/mol. The average Bonchev–Trinajstić information content (AvgIpc) is 3.15. The molecule has 0 spiro atoms. The van der Waals surface area contributed by atoms with Crippen molar-refractivity contribution < 1.29 is 9.53 Å². The Bertz CT molecular complexity index is 661. The van der Waals surface area contributed by atoms with Crippen LogP contribution in [-0.2, 0) is 4.74 Å². The number of ether oxygens (including phenoxy) is 1. The molecule has 1 heterocycles. The summed E-state index contributed by atoms with van der Waals surface area (Å²) in [7, 11) is 0. The number of hydrogen-bond acceptors (Lipinski definition) is 2. The van der Waals surface area contributed by atoms with E-state index in [2.05, 4.69) is 11.9 Å². The molecule has 0 amide bonds. The van der Waals surface area contributed by atoms with E-state index in [1.807, 2.05) is 24.3 Å². The van der Waals surface area contributed by atoms with Gasteiger partial charge in [-0.2, -0.15) is 0 Å². The van der Waals surface area contributed by atoms with Crippen LogP contribution in [0.3, 0.4) is 0 Å². The van der Waals surface area contributed by atoms with Crippen LogP contribution in [0.4, 0.5) is 0 Å². The minimum atomic E-state index is -0.216. The van der Waals surface area contributed by atoms with Crippen LogP contribution in [0, 0.1) is 0 Å². The lowest BCUT2D eigenvalue weighted by molar-refractivity contribution is 0.0500. The van der Waals surface area contributed by atoms with Gasteiger partial charge in [0.2, 0.25) is 0 Å². The second-order valence-electron chi connectivity index (χ2n) is 7.98. The van der Waals surface area contributed by atoms with E-state index < -0.39 is 0 Å². The Morgan fingerprint density at radius 2 is 1.32 bits per heavy atom. The molecule has 2 rings (SSSR count). The summed E-state index contributed by atoms with van der Waals surface area (Å²) >= 11 is 0. The van der Waals surface area contributed by atoms with Crippen LogP contribution in [0.1, 0.15) is 107 Å². The van der Waals surface area contributed by atoms with Gasteiger partial charge in [0.05, 0.1) is 12.2 Å². The van der Waals surface area contributed by atoms with Gasteiger partial charge in [0.25, 0.3) is 0 Å². The number of rotatable bonds is 16. The first-order chi connectivity index (χ1) is 13.8. The van der Waals surface area contributed by atoms with E-state index in [1.54, 1.807) is 6.20 Å². The zero-order valence-corrected chi connectivity index (χ0v) is 17.8. The summed E-state index contributed by atoms with van der Waals surface area (Å²) in [5.74, 6) is -0.216. The first kappa shape index (κ1) is 22.5. The minimum absolute atomic E-state index is 0.216. The molecule has 2 aromatic rings. The maximum atomic E-state index is 12.2. The lowest BCUT2D eigenvalue weighted by Crippen LogP contribution is -2.05. The number of unbranched alkanes of at least 4 members (excludes halogenated alkanes) is 13. The van der Waals surface area contributed by atoms with Crippen LogP contribution in [0.15, 0.2) is 30.5 Å². The molecule has 0 radical (unpaired) electrons. The Hall–Kier alpha value is -1.77. The van der Waals surface area contributed by atoms with Gasteiger partial charge in [0, 0.05) is 17.1 Å². The number of fused-ring (bicyclic) bond motifs is 1. The maximum Gasteiger partial charge on any atom is 0.340 e. The van der Waals surface area contributed by atoms with Crippen LogP contribution < -0.4 is 0 Å². The second kappa shape index (κ2) is 14.3. The fourth-order valence-corrected chi connectivity index (χ4v) is 3.78. The van der Waals surface area contributed by atoms with Crippen molar-refractivity contribution in [3.63, 3.8) is 0 Å². The first-order valence-corrected chi connectivity index (χ1v) is 11.6. The van der Waals surface area contributed by atoms with Gasteiger partial charge in [-0.05, 0) is 12.5 Å². The van der Waals surface area contributed by atoms with Crippen molar-refractivity contribution in [1.29, 1.82) is 0 Å². The third-order valence-corrected chi connectivity index (χ3v) is 5.54. The fraction of sp³-hybridized carbons (Fsp3) is 0.640. The molecular formula is C25H39NO2. The summed E-state index contributed by atoms with van der Waals surface area (Å²) < 4.78 is 5.44. The summed E-state index contributed by atoms with van der Waals surface area (Å²) in [6, 6.07) is 7.83. The minimum Gasteiger partial charge on any atom is -0.462 e. The summed E-state index contributed by atoms with van der Waals surface area (Å²) in [6.45, 7) is 2.80. The number of esters is 1. The molecule has 3 heteroatoms. The predicted octanol–water partition coefficient (Wildman–Crippen LogP) is 7.81. The number of hydrogen-bond donors (Lipinski definition) is 1. The zero-order chi connectivity index (χ0) is 19.9. The highest BCUT2D eigenvalue weighted by atomic mass is 16.5. The highest BCUT2D eigenvalue weighted by molar-refractivity contribution is 6.03. The molecule has 0 fully saturated rings. The molecule has 0 aliphatic heterocycles. The average molecular weight is 386 g/mol. The van der Waals surface area contributed by atoms with E-state index in [-0.39, 0.29) is 5.97 Å². The number of carbonyl (C=O) groups excluding carboxylic acids is 1. The number of aromatic nitrogens is 1. The van der Waals surface area contributed by atoms with Gasteiger partial charge in [0.15, 0.2) is 0 Å². The molecule has 28 heavy (non-hydrogen) atoms. The topological polar surface area (TPSA) is 42.1 Å².